The first-order valence-electron chi connectivity index (χ1n) is 6.35. The van der Waals surface area contributed by atoms with Crippen molar-refractivity contribution in [2.45, 2.75) is 37.5 Å². The summed E-state index contributed by atoms with van der Waals surface area (Å²) in [5, 5.41) is 8.37. The predicted molar refractivity (Wildman–Crippen MR) is 75.9 cm³/mol. The third-order valence-electron chi connectivity index (χ3n) is 3.16. The topological polar surface area (TPSA) is 90.7 Å². The van der Waals surface area contributed by atoms with E-state index in [9.17, 15) is 8.42 Å². The van der Waals surface area contributed by atoms with Gasteiger partial charge in [0, 0.05) is 5.69 Å². The molecule has 0 aliphatic carbocycles. The van der Waals surface area contributed by atoms with Crippen molar-refractivity contribution in [3.63, 3.8) is 0 Å². The van der Waals surface area contributed by atoms with Gasteiger partial charge in [0.05, 0.1) is 24.2 Å². The minimum Gasteiger partial charge on any atom is -0.377 e. The van der Waals surface area contributed by atoms with Crippen LogP contribution in [0.5, 0.6) is 0 Å². The number of hydrogen-bond donors (Lipinski definition) is 2. The highest BCUT2D eigenvalue weighted by Crippen LogP contribution is 2.23. The third kappa shape index (κ3) is 3.69. The predicted octanol–water partition coefficient (Wildman–Crippen LogP) is 1.21. The fraction of sp³-hybridized carbons (Fsp3) is 0.538. The molecule has 1 aliphatic rings. The Bertz CT molecular complexity index is 588. The van der Waals surface area contributed by atoms with Gasteiger partial charge in [-0.3, -0.25) is 0 Å². The van der Waals surface area contributed by atoms with Gasteiger partial charge in [-0.1, -0.05) is 6.07 Å². The summed E-state index contributed by atoms with van der Waals surface area (Å²) in [6, 6.07) is 4.71. The smallest absolute Gasteiger partial charge is 0.238 e. The van der Waals surface area contributed by atoms with Crippen molar-refractivity contribution in [3.05, 3.63) is 23.8 Å². The molecule has 0 spiro atoms. The Kier molecular flexibility index (Phi) is 4.06. The molecule has 0 radical (unpaired) electrons. The number of anilines is 1. The maximum Gasteiger partial charge on any atom is 0.238 e. The van der Waals surface area contributed by atoms with Gasteiger partial charge in [-0.15, -0.1) is 0 Å². The quantitative estimate of drug-likeness (QED) is 0.875. The van der Waals surface area contributed by atoms with Crippen molar-refractivity contribution in [3.8, 4) is 0 Å². The Labute approximate surface area is 119 Å². The normalized spacial score (nSPS) is 19.8. The van der Waals surface area contributed by atoms with Crippen molar-refractivity contribution < 1.29 is 17.9 Å². The lowest BCUT2D eigenvalue weighted by Gasteiger charge is -2.35. The first-order chi connectivity index (χ1) is 9.17. The zero-order valence-corrected chi connectivity index (χ0v) is 12.7. The fourth-order valence-corrected chi connectivity index (χ4v) is 2.47. The third-order valence-corrected chi connectivity index (χ3v) is 4.07. The maximum atomic E-state index is 11.4. The molecule has 6 nitrogen and oxygen atoms in total. The molecule has 0 saturated carbocycles. The Morgan fingerprint density at radius 2 is 1.90 bits per heavy atom. The molecule has 1 aromatic carbocycles. The summed E-state index contributed by atoms with van der Waals surface area (Å²) < 4.78 is 33.9. The number of hydrogen-bond acceptors (Lipinski definition) is 5. The van der Waals surface area contributed by atoms with Crippen LogP contribution in [-0.2, 0) is 19.5 Å². The van der Waals surface area contributed by atoms with Gasteiger partial charge < -0.3 is 14.8 Å². The highest BCUT2D eigenvalue weighted by atomic mass is 32.2. The molecule has 1 saturated heterocycles. The first kappa shape index (κ1) is 15.2. The summed E-state index contributed by atoms with van der Waals surface area (Å²) in [4.78, 5) is 0.0866. The summed E-state index contributed by atoms with van der Waals surface area (Å²) in [7, 11) is -3.70. The molecule has 1 aliphatic heterocycles. The largest absolute Gasteiger partial charge is 0.377 e. The van der Waals surface area contributed by atoms with Crippen LogP contribution in [0, 0.1) is 6.92 Å². The van der Waals surface area contributed by atoms with E-state index in [1.807, 2.05) is 20.8 Å². The second-order valence-corrected chi connectivity index (χ2v) is 6.95. The van der Waals surface area contributed by atoms with E-state index in [1.54, 1.807) is 6.07 Å². The van der Waals surface area contributed by atoms with Gasteiger partial charge in [-0.05, 0) is 38.5 Å². The van der Waals surface area contributed by atoms with Gasteiger partial charge in [0.1, 0.15) is 0 Å². The van der Waals surface area contributed by atoms with E-state index in [0.717, 1.165) is 5.56 Å². The van der Waals surface area contributed by atoms with Gasteiger partial charge in [-0.25, -0.2) is 13.6 Å². The second-order valence-electron chi connectivity index (χ2n) is 5.38. The molecule has 1 aromatic rings. The molecule has 1 heterocycles. The van der Waals surface area contributed by atoms with E-state index < -0.39 is 15.8 Å². The molecule has 0 aromatic heterocycles. The van der Waals surface area contributed by atoms with Gasteiger partial charge in [0.2, 0.25) is 10.0 Å². The summed E-state index contributed by atoms with van der Waals surface area (Å²) in [6.45, 7) is 6.59. The van der Waals surface area contributed by atoms with Crippen LogP contribution in [0.15, 0.2) is 23.1 Å². The first-order valence-corrected chi connectivity index (χ1v) is 7.90. The van der Waals surface area contributed by atoms with Crippen molar-refractivity contribution in [1.82, 2.24) is 0 Å². The number of nitrogens with one attached hydrogen (secondary N) is 1. The molecule has 0 atom stereocenters. The zero-order valence-electron chi connectivity index (χ0n) is 11.8. The molecular weight excluding hydrogens is 280 g/mol. The summed E-state index contributed by atoms with van der Waals surface area (Å²) >= 11 is 0. The summed E-state index contributed by atoms with van der Waals surface area (Å²) in [5.74, 6) is -0.574. The van der Waals surface area contributed by atoms with Crippen LogP contribution in [0.2, 0.25) is 0 Å². The van der Waals surface area contributed by atoms with Crippen LogP contribution >= 0.6 is 0 Å². The van der Waals surface area contributed by atoms with Gasteiger partial charge >= 0.3 is 0 Å². The number of sulfonamides is 1. The minimum absolute atomic E-state index is 0.0301. The van der Waals surface area contributed by atoms with E-state index in [-0.39, 0.29) is 10.9 Å². The van der Waals surface area contributed by atoms with Crippen molar-refractivity contribution in [2.75, 3.05) is 18.5 Å². The Morgan fingerprint density at radius 3 is 2.45 bits per heavy atom. The number of aryl methyl sites for hydroxylation is 1. The molecular formula is C13H20N2O4S. The lowest BCUT2D eigenvalue weighted by molar-refractivity contribution is -0.247. The zero-order chi connectivity index (χ0) is 15.0. The Balaban J connectivity index is 2.14. The van der Waals surface area contributed by atoms with Crippen molar-refractivity contribution >= 4 is 15.7 Å². The molecule has 0 bridgehead atoms. The molecule has 20 heavy (non-hydrogen) atoms. The Morgan fingerprint density at radius 1 is 1.30 bits per heavy atom. The molecule has 0 unspecified atom stereocenters. The molecule has 1 fully saturated rings. The SMILES string of the molecule is Cc1ccc(S(N)(=O)=O)cc1NC1COC(C)(C)OC1. The Hall–Kier alpha value is -1.15. The lowest BCUT2D eigenvalue weighted by atomic mass is 10.1. The molecule has 3 N–H and O–H groups in total. The molecule has 112 valence electrons. The number of rotatable bonds is 3. The highest BCUT2D eigenvalue weighted by Gasteiger charge is 2.28. The van der Waals surface area contributed by atoms with Crippen molar-refractivity contribution in [1.29, 1.82) is 0 Å². The van der Waals surface area contributed by atoms with Crippen LogP contribution in [0.3, 0.4) is 0 Å². The van der Waals surface area contributed by atoms with Gasteiger partial charge in [0.25, 0.3) is 0 Å². The van der Waals surface area contributed by atoms with Crippen LogP contribution in [0.1, 0.15) is 19.4 Å². The summed E-state index contributed by atoms with van der Waals surface area (Å²) in [6.07, 6.45) is 0. The standard InChI is InChI=1S/C13H20N2O4S/c1-9-4-5-11(20(14,16)17)6-12(9)15-10-7-18-13(2,3)19-8-10/h4-6,10,15H,7-8H2,1-3H3,(H2,14,16,17). The fourth-order valence-electron chi connectivity index (χ4n) is 1.93. The minimum atomic E-state index is -3.70. The van der Waals surface area contributed by atoms with E-state index in [0.29, 0.717) is 18.9 Å². The van der Waals surface area contributed by atoms with E-state index in [2.05, 4.69) is 5.32 Å². The van der Waals surface area contributed by atoms with Crippen LogP contribution in [0.25, 0.3) is 0 Å². The van der Waals surface area contributed by atoms with E-state index in [4.69, 9.17) is 14.6 Å². The van der Waals surface area contributed by atoms with E-state index >= 15 is 0 Å². The molecule has 7 heteroatoms. The number of nitrogens with two attached hydrogens (primary N) is 1. The average molecular weight is 300 g/mol. The van der Waals surface area contributed by atoms with Gasteiger partial charge in [-0.2, -0.15) is 0 Å². The maximum absolute atomic E-state index is 11.4. The van der Waals surface area contributed by atoms with Gasteiger partial charge in [0.15, 0.2) is 5.79 Å². The highest BCUT2D eigenvalue weighted by molar-refractivity contribution is 7.89. The van der Waals surface area contributed by atoms with Crippen LogP contribution in [0.4, 0.5) is 5.69 Å². The lowest BCUT2D eigenvalue weighted by Crippen LogP contribution is -2.45. The van der Waals surface area contributed by atoms with E-state index in [1.165, 1.54) is 12.1 Å². The summed E-state index contributed by atoms with van der Waals surface area (Å²) in [5.41, 5.74) is 1.65. The monoisotopic (exact) mass is 300 g/mol. The molecule has 2 rings (SSSR count). The number of primary sulfonamides is 1. The number of ether oxygens (including phenoxy) is 2. The van der Waals surface area contributed by atoms with Crippen LogP contribution in [-0.4, -0.2) is 33.5 Å². The second kappa shape index (κ2) is 5.33. The molecule has 0 amide bonds. The average Bonchev–Trinajstić information content (AvgIpc) is 2.33. The number of benzene rings is 1. The van der Waals surface area contributed by atoms with Crippen LogP contribution < -0.4 is 10.5 Å². The van der Waals surface area contributed by atoms with Crippen molar-refractivity contribution in [2.24, 2.45) is 5.14 Å².